The summed E-state index contributed by atoms with van der Waals surface area (Å²) in [5.74, 6) is 1.60. The topological polar surface area (TPSA) is 41.8 Å². The molecular weight excluding hydrogens is 200 g/mol. The Kier molecular flexibility index (Phi) is 2.52. The van der Waals surface area contributed by atoms with Crippen LogP contribution in [0.3, 0.4) is 0 Å². The van der Waals surface area contributed by atoms with Crippen LogP contribution in [0.25, 0.3) is 11.3 Å². The van der Waals surface area contributed by atoms with Gasteiger partial charge in [0.25, 0.3) is 0 Å². The van der Waals surface area contributed by atoms with Gasteiger partial charge >= 0.3 is 0 Å². The molecule has 0 radical (unpaired) electrons. The van der Waals surface area contributed by atoms with Crippen molar-refractivity contribution < 1.29 is 4.52 Å². The Bertz CT molecular complexity index is 438. The molecule has 84 valence electrons. The van der Waals surface area contributed by atoms with Crippen molar-refractivity contribution in [3.05, 3.63) is 30.2 Å². The van der Waals surface area contributed by atoms with Gasteiger partial charge in [0.2, 0.25) is 0 Å². The van der Waals surface area contributed by atoms with E-state index in [1.165, 1.54) is 37.7 Å². The normalized spacial score (nSPS) is 17.8. The molecule has 0 aromatic carbocycles. The fraction of sp³-hybridized carbons (Fsp3) is 0.462. The van der Waals surface area contributed by atoms with Crippen molar-refractivity contribution in [2.24, 2.45) is 0 Å². The lowest BCUT2D eigenvalue weighted by Gasteiger charge is -2.20. The standard InChI is InChI=1S/C13H16N2O/c1-2-4-10(5-3-1)12-9-15-16-13(12)11-6-7-14-8-11/h6-10,14H,1-5H2. The highest BCUT2D eigenvalue weighted by atomic mass is 16.5. The second-order valence-electron chi connectivity index (χ2n) is 4.54. The Balaban J connectivity index is 1.92. The zero-order valence-corrected chi connectivity index (χ0v) is 9.28. The van der Waals surface area contributed by atoms with Gasteiger partial charge in [0.15, 0.2) is 5.76 Å². The van der Waals surface area contributed by atoms with E-state index < -0.39 is 0 Å². The molecule has 1 aliphatic carbocycles. The monoisotopic (exact) mass is 216 g/mol. The summed E-state index contributed by atoms with van der Waals surface area (Å²) in [7, 11) is 0. The Morgan fingerprint density at radius 1 is 1.25 bits per heavy atom. The first-order chi connectivity index (χ1) is 7.95. The molecule has 0 bridgehead atoms. The summed E-state index contributed by atoms with van der Waals surface area (Å²) in [6.45, 7) is 0. The number of rotatable bonds is 2. The lowest BCUT2D eigenvalue weighted by Crippen LogP contribution is -2.04. The van der Waals surface area contributed by atoms with E-state index in [1.54, 1.807) is 0 Å². The van der Waals surface area contributed by atoms with E-state index in [0.29, 0.717) is 5.92 Å². The molecule has 0 atom stereocenters. The molecule has 0 amide bonds. The molecule has 1 N–H and O–H groups in total. The molecule has 3 heteroatoms. The van der Waals surface area contributed by atoms with Gasteiger partial charge in [0.05, 0.1) is 6.20 Å². The number of aromatic amines is 1. The maximum absolute atomic E-state index is 5.39. The largest absolute Gasteiger partial charge is 0.367 e. The van der Waals surface area contributed by atoms with Crippen LogP contribution < -0.4 is 0 Å². The van der Waals surface area contributed by atoms with Crippen LogP contribution in [0.15, 0.2) is 29.2 Å². The second-order valence-corrected chi connectivity index (χ2v) is 4.54. The number of aromatic nitrogens is 2. The van der Waals surface area contributed by atoms with E-state index in [9.17, 15) is 0 Å². The van der Waals surface area contributed by atoms with E-state index in [2.05, 4.69) is 10.1 Å². The summed E-state index contributed by atoms with van der Waals surface area (Å²) in [4.78, 5) is 3.06. The molecule has 3 nitrogen and oxygen atoms in total. The zero-order valence-electron chi connectivity index (χ0n) is 9.28. The molecule has 1 fully saturated rings. The molecule has 1 saturated carbocycles. The molecule has 1 aliphatic rings. The fourth-order valence-corrected chi connectivity index (χ4v) is 2.64. The third-order valence-electron chi connectivity index (χ3n) is 3.50. The van der Waals surface area contributed by atoms with Gasteiger partial charge in [-0.1, -0.05) is 24.4 Å². The molecule has 2 aromatic rings. The minimum Gasteiger partial charge on any atom is -0.367 e. The molecule has 0 spiro atoms. The average Bonchev–Trinajstić information content (AvgIpc) is 3.01. The third kappa shape index (κ3) is 1.66. The number of H-pyrrole nitrogens is 1. The highest BCUT2D eigenvalue weighted by molar-refractivity contribution is 5.60. The van der Waals surface area contributed by atoms with Crippen LogP contribution >= 0.6 is 0 Å². The van der Waals surface area contributed by atoms with Gasteiger partial charge in [-0.15, -0.1) is 0 Å². The van der Waals surface area contributed by atoms with Crippen molar-refractivity contribution in [3.8, 4) is 11.3 Å². The Morgan fingerprint density at radius 2 is 2.12 bits per heavy atom. The van der Waals surface area contributed by atoms with Crippen LogP contribution in [0, 0.1) is 0 Å². The second kappa shape index (κ2) is 4.16. The van der Waals surface area contributed by atoms with Crippen molar-refractivity contribution in [1.29, 1.82) is 0 Å². The van der Waals surface area contributed by atoms with Gasteiger partial charge in [0.1, 0.15) is 0 Å². The van der Waals surface area contributed by atoms with Gasteiger partial charge in [0, 0.05) is 23.5 Å². The Labute approximate surface area is 94.8 Å². The van der Waals surface area contributed by atoms with Crippen LogP contribution in [0.5, 0.6) is 0 Å². The first kappa shape index (κ1) is 9.70. The lowest BCUT2D eigenvalue weighted by molar-refractivity contribution is 0.423. The van der Waals surface area contributed by atoms with Crippen molar-refractivity contribution in [1.82, 2.24) is 10.1 Å². The average molecular weight is 216 g/mol. The Hall–Kier alpha value is -1.51. The SMILES string of the molecule is c1cc(-c2oncc2C2CCCCC2)c[nH]1. The van der Waals surface area contributed by atoms with Gasteiger partial charge in [-0.3, -0.25) is 0 Å². The van der Waals surface area contributed by atoms with Gasteiger partial charge < -0.3 is 9.51 Å². The summed E-state index contributed by atoms with van der Waals surface area (Å²) in [6, 6.07) is 2.03. The summed E-state index contributed by atoms with van der Waals surface area (Å²) in [5.41, 5.74) is 2.40. The summed E-state index contributed by atoms with van der Waals surface area (Å²) in [6.07, 6.45) is 12.4. The number of nitrogens with one attached hydrogen (secondary N) is 1. The molecule has 2 heterocycles. The van der Waals surface area contributed by atoms with E-state index in [4.69, 9.17) is 4.52 Å². The van der Waals surface area contributed by atoms with E-state index in [0.717, 1.165) is 11.3 Å². The minimum absolute atomic E-state index is 0.643. The van der Waals surface area contributed by atoms with Crippen molar-refractivity contribution in [3.63, 3.8) is 0 Å². The van der Waals surface area contributed by atoms with Crippen LogP contribution in [0.1, 0.15) is 43.6 Å². The van der Waals surface area contributed by atoms with Crippen molar-refractivity contribution >= 4 is 0 Å². The van der Waals surface area contributed by atoms with E-state index in [1.807, 2.05) is 24.7 Å². The third-order valence-corrected chi connectivity index (χ3v) is 3.50. The number of nitrogens with zero attached hydrogens (tertiary/aromatic N) is 1. The highest BCUT2D eigenvalue weighted by Crippen LogP contribution is 2.37. The zero-order chi connectivity index (χ0) is 10.8. The van der Waals surface area contributed by atoms with Gasteiger partial charge in [-0.05, 0) is 24.8 Å². The van der Waals surface area contributed by atoms with Crippen LogP contribution in [-0.4, -0.2) is 10.1 Å². The molecule has 3 rings (SSSR count). The van der Waals surface area contributed by atoms with Crippen LogP contribution in [0.2, 0.25) is 0 Å². The first-order valence-corrected chi connectivity index (χ1v) is 6.03. The number of hydrogen-bond donors (Lipinski definition) is 1. The van der Waals surface area contributed by atoms with Gasteiger partial charge in [-0.25, -0.2) is 0 Å². The van der Waals surface area contributed by atoms with Crippen LogP contribution in [-0.2, 0) is 0 Å². The lowest BCUT2D eigenvalue weighted by atomic mass is 9.84. The quantitative estimate of drug-likeness (QED) is 0.831. The molecule has 0 aliphatic heterocycles. The Morgan fingerprint density at radius 3 is 2.88 bits per heavy atom. The predicted molar refractivity (Wildman–Crippen MR) is 62.1 cm³/mol. The van der Waals surface area contributed by atoms with Crippen molar-refractivity contribution in [2.75, 3.05) is 0 Å². The maximum atomic E-state index is 5.39. The smallest absolute Gasteiger partial charge is 0.171 e. The van der Waals surface area contributed by atoms with Crippen molar-refractivity contribution in [2.45, 2.75) is 38.0 Å². The maximum Gasteiger partial charge on any atom is 0.171 e. The molecule has 0 saturated heterocycles. The highest BCUT2D eigenvalue weighted by Gasteiger charge is 2.22. The molecule has 0 unspecified atom stereocenters. The van der Waals surface area contributed by atoms with E-state index in [-0.39, 0.29) is 0 Å². The fourth-order valence-electron chi connectivity index (χ4n) is 2.64. The minimum atomic E-state index is 0.643. The number of hydrogen-bond acceptors (Lipinski definition) is 2. The molecule has 16 heavy (non-hydrogen) atoms. The van der Waals surface area contributed by atoms with Crippen LogP contribution in [0.4, 0.5) is 0 Å². The molecular formula is C13H16N2O. The van der Waals surface area contributed by atoms with Gasteiger partial charge in [-0.2, -0.15) is 0 Å². The predicted octanol–water partition coefficient (Wildman–Crippen LogP) is 3.72. The summed E-state index contributed by atoms with van der Waals surface area (Å²) >= 11 is 0. The van der Waals surface area contributed by atoms with E-state index >= 15 is 0 Å². The molecule has 2 aromatic heterocycles. The first-order valence-electron chi connectivity index (χ1n) is 6.03. The summed E-state index contributed by atoms with van der Waals surface area (Å²) in [5, 5.41) is 3.96. The summed E-state index contributed by atoms with van der Waals surface area (Å²) < 4.78 is 5.39.